The number of hydrogen-bond acceptors (Lipinski definition) is 19. The van der Waals surface area contributed by atoms with E-state index < -0.39 is 171 Å². The SMILES string of the molecule is CCC(C)CC(C)CCCCCCCCC(=O)N[C@H]1C[C@@H](O)[C@@H](Oc2ccc(O)cc2CCO)NC(=O)[C@@H]2[C@@H](O)CCN2C(=O)[C@H]([C@H](O)CC(N)=O)NC(=O)[C@H]([C@H](O)[C@@H](O)c2ccc(O)cc2)NC(=O)[C@@H]2C[C@@H](O)CN2C(=O)[C@H]([C@@H](C)O)NC1=O. The summed E-state index contributed by atoms with van der Waals surface area (Å²) in [6, 6.07) is -4.04. The zero-order chi connectivity index (χ0) is 62.8. The van der Waals surface area contributed by atoms with E-state index in [1.165, 1.54) is 24.6 Å². The van der Waals surface area contributed by atoms with Gasteiger partial charge in [0.25, 0.3) is 0 Å². The molecule has 2 aromatic carbocycles. The fraction of sp³-hybridized carbons (Fsp3) is 0.655. The van der Waals surface area contributed by atoms with Gasteiger partial charge in [0.05, 0.1) is 30.8 Å². The number of phenolic OH excluding ortho intramolecular Hbond substituents is 2. The Balaban J connectivity index is 1.58. The van der Waals surface area contributed by atoms with Gasteiger partial charge in [0.15, 0.2) is 6.23 Å². The Morgan fingerprint density at radius 3 is 2.00 bits per heavy atom. The van der Waals surface area contributed by atoms with Crippen molar-refractivity contribution in [3.05, 3.63) is 53.6 Å². The van der Waals surface area contributed by atoms with Gasteiger partial charge in [-0.15, -0.1) is 0 Å². The highest BCUT2D eigenvalue weighted by atomic mass is 16.5. The van der Waals surface area contributed by atoms with E-state index in [1.54, 1.807) is 0 Å². The molecule has 3 heterocycles. The maximum absolute atomic E-state index is 14.8. The van der Waals surface area contributed by atoms with Gasteiger partial charge in [-0.25, -0.2) is 0 Å². The number of aliphatic hydroxyl groups excluding tert-OH is 8. The lowest BCUT2D eigenvalue weighted by Gasteiger charge is -2.35. The molecule has 8 amide bonds. The van der Waals surface area contributed by atoms with Gasteiger partial charge in [-0.2, -0.15) is 0 Å². The Hall–Kier alpha value is -6.72. The molecule has 474 valence electrons. The molecule has 17 N–H and O–H groups in total. The molecular formula is C58H88N8O19. The number of rotatable bonds is 24. The third-order valence-electron chi connectivity index (χ3n) is 16.0. The number of carbonyl (C=O) groups is 8. The van der Waals surface area contributed by atoms with E-state index in [0.29, 0.717) is 29.6 Å². The third kappa shape index (κ3) is 19.7. The number of primary amides is 1. The average molecular weight is 1200 g/mol. The van der Waals surface area contributed by atoms with Crippen LogP contribution in [0, 0.1) is 11.8 Å². The average Bonchev–Trinajstić information content (AvgIpc) is 2.65. The Labute approximate surface area is 493 Å². The summed E-state index contributed by atoms with van der Waals surface area (Å²) >= 11 is 0. The maximum Gasteiger partial charge on any atom is 0.248 e. The second-order valence-electron chi connectivity index (χ2n) is 22.9. The number of amides is 8. The molecule has 85 heavy (non-hydrogen) atoms. The monoisotopic (exact) mass is 1200 g/mol. The molecule has 3 aliphatic rings. The van der Waals surface area contributed by atoms with Crippen LogP contribution in [0.3, 0.4) is 0 Å². The zero-order valence-electron chi connectivity index (χ0n) is 48.6. The van der Waals surface area contributed by atoms with E-state index in [1.807, 2.05) is 0 Å². The van der Waals surface area contributed by atoms with Gasteiger partial charge in [0, 0.05) is 44.5 Å². The summed E-state index contributed by atoms with van der Waals surface area (Å²) < 4.78 is 6.17. The topological polar surface area (TPSA) is 441 Å². The van der Waals surface area contributed by atoms with Crippen LogP contribution in [0.15, 0.2) is 42.5 Å². The smallest absolute Gasteiger partial charge is 0.248 e. The van der Waals surface area contributed by atoms with E-state index in [9.17, 15) is 89.4 Å². The van der Waals surface area contributed by atoms with E-state index in [4.69, 9.17) is 10.5 Å². The molecular weight excluding hydrogens is 1110 g/mol. The van der Waals surface area contributed by atoms with Crippen molar-refractivity contribution in [2.75, 3.05) is 19.7 Å². The molecule has 0 radical (unpaired) electrons. The first-order valence-corrected chi connectivity index (χ1v) is 29.3. The van der Waals surface area contributed by atoms with Crippen molar-refractivity contribution in [3.8, 4) is 17.2 Å². The second kappa shape index (κ2) is 32.7. The van der Waals surface area contributed by atoms with Crippen molar-refractivity contribution < 1.29 is 94.2 Å². The predicted octanol–water partition coefficient (Wildman–Crippen LogP) is -2.01. The number of nitrogens with two attached hydrogens (primary N) is 1. The number of benzene rings is 2. The van der Waals surface area contributed by atoms with Crippen LogP contribution in [-0.2, 0) is 44.8 Å². The van der Waals surface area contributed by atoms with E-state index in [2.05, 4.69) is 47.4 Å². The van der Waals surface area contributed by atoms with Crippen molar-refractivity contribution >= 4 is 47.3 Å². The predicted molar refractivity (Wildman–Crippen MR) is 303 cm³/mol. The van der Waals surface area contributed by atoms with Gasteiger partial charge in [0.1, 0.15) is 71.8 Å². The lowest BCUT2D eigenvalue weighted by atomic mass is 9.91. The molecule has 0 saturated carbocycles. The van der Waals surface area contributed by atoms with Gasteiger partial charge in [-0.1, -0.05) is 77.8 Å². The summed E-state index contributed by atoms with van der Waals surface area (Å²) in [4.78, 5) is 116. The van der Waals surface area contributed by atoms with Gasteiger partial charge < -0.3 is 97.9 Å². The first-order chi connectivity index (χ1) is 40.2. The van der Waals surface area contributed by atoms with Crippen molar-refractivity contribution in [3.63, 3.8) is 0 Å². The summed E-state index contributed by atoms with van der Waals surface area (Å²) in [5, 5.41) is 122. The van der Waals surface area contributed by atoms with Crippen LogP contribution in [-0.4, -0.2) is 207 Å². The van der Waals surface area contributed by atoms with E-state index in [-0.39, 0.29) is 47.6 Å². The minimum Gasteiger partial charge on any atom is -0.508 e. The van der Waals surface area contributed by atoms with Gasteiger partial charge in [-0.3, -0.25) is 38.4 Å². The first-order valence-electron chi connectivity index (χ1n) is 29.3. The molecule has 3 aliphatic heterocycles. The number of ether oxygens (including phenoxy) is 1. The summed E-state index contributed by atoms with van der Waals surface area (Å²) in [7, 11) is 0. The molecule has 3 fully saturated rings. The van der Waals surface area contributed by atoms with Gasteiger partial charge >= 0.3 is 0 Å². The number of hydrogen-bond donors (Lipinski definition) is 16. The van der Waals surface area contributed by atoms with Crippen molar-refractivity contribution in [1.29, 1.82) is 0 Å². The molecule has 5 rings (SSSR count). The third-order valence-corrected chi connectivity index (χ3v) is 16.0. The highest BCUT2D eigenvalue weighted by molar-refractivity contribution is 5.98. The van der Waals surface area contributed by atoms with Crippen LogP contribution < -0.4 is 37.1 Å². The number of fused-ring (bicyclic) bond motifs is 2. The lowest BCUT2D eigenvalue weighted by molar-refractivity contribution is -0.149. The highest BCUT2D eigenvalue weighted by Gasteiger charge is 2.49. The quantitative estimate of drug-likeness (QED) is 0.0505. The summed E-state index contributed by atoms with van der Waals surface area (Å²) in [5.41, 5.74) is 5.42. The lowest BCUT2D eigenvalue weighted by Crippen LogP contribution is -2.64. The molecule has 27 heteroatoms. The first kappa shape index (κ1) is 69.1. The van der Waals surface area contributed by atoms with E-state index >= 15 is 0 Å². The van der Waals surface area contributed by atoms with Crippen LogP contribution in [0.4, 0.5) is 0 Å². The number of nitrogens with zero attached hydrogens (tertiary/aromatic N) is 2. The Kier molecular flexibility index (Phi) is 26.6. The second-order valence-corrected chi connectivity index (χ2v) is 22.9. The summed E-state index contributed by atoms with van der Waals surface area (Å²) in [6.07, 6.45) is -10.6. The molecule has 16 atom stereocenters. The van der Waals surface area contributed by atoms with Gasteiger partial charge in [0.2, 0.25) is 47.3 Å². The van der Waals surface area contributed by atoms with Crippen LogP contribution in [0.5, 0.6) is 17.2 Å². The zero-order valence-corrected chi connectivity index (χ0v) is 48.6. The number of aromatic hydroxyl groups is 2. The Bertz CT molecular complexity index is 2580. The molecule has 0 aliphatic carbocycles. The van der Waals surface area contributed by atoms with Gasteiger partial charge in [-0.05, 0) is 80.3 Å². The summed E-state index contributed by atoms with van der Waals surface area (Å²) in [6.45, 7) is 6.21. The largest absolute Gasteiger partial charge is 0.508 e. The normalized spacial score (nSPS) is 26.9. The fourth-order valence-electron chi connectivity index (χ4n) is 11.0. The van der Waals surface area contributed by atoms with Crippen LogP contribution in [0.1, 0.15) is 135 Å². The molecule has 0 aromatic heterocycles. The van der Waals surface area contributed by atoms with Crippen molar-refractivity contribution in [2.24, 2.45) is 17.6 Å². The number of carbonyl (C=O) groups excluding carboxylic acids is 8. The number of phenols is 2. The minimum absolute atomic E-state index is 0.112. The fourth-order valence-corrected chi connectivity index (χ4v) is 11.0. The minimum atomic E-state index is -2.39. The van der Waals surface area contributed by atoms with E-state index in [0.717, 1.165) is 74.6 Å². The van der Waals surface area contributed by atoms with Crippen molar-refractivity contribution in [2.45, 2.75) is 209 Å². The molecule has 0 bridgehead atoms. The highest BCUT2D eigenvalue weighted by Crippen LogP contribution is 2.29. The molecule has 3 saturated heterocycles. The number of nitrogens with one attached hydrogen (secondary N) is 5. The Morgan fingerprint density at radius 1 is 0.729 bits per heavy atom. The Morgan fingerprint density at radius 2 is 1.35 bits per heavy atom. The molecule has 27 nitrogen and oxygen atoms in total. The molecule has 0 spiro atoms. The van der Waals surface area contributed by atoms with Crippen molar-refractivity contribution in [1.82, 2.24) is 36.4 Å². The molecule has 2 aromatic rings. The standard InChI is InChI=1S/C58H88N8O19/c1-5-30(2)24-31(3)12-10-8-6-7-9-11-13-45(76)60-38-27-42(74)56(85-43-19-18-36(70)25-34(43)21-23-67)64-55(82)49-40(72)20-22-65(49)58(84)47(41(73)28-44(59)75)62-54(81)48(51(78)50(77)33-14-16-35(69)17-15-33)63-53(80)39-26-37(71)29-66(39)57(83)46(32(4)68)61-52(38)79/h14-19,25,30-32,37-42,46-51,56,67-74,77-78H,5-13,20-24,26-29H2,1-4H3,(H2,59,75)(H,60,76)(H,61,79)(H,62,81)(H,63,80)(H,64,82)/t30?,31?,32-,37-,38+,39+,40+,41-,42-,46+,47+,48+,49+,50+,51+,56-/m1/s1. The van der Waals surface area contributed by atoms with Crippen LogP contribution in [0.2, 0.25) is 0 Å². The van der Waals surface area contributed by atoms with Crippen LogP contribution >= 0.6 is 0 Å². The van der Waals surface area contributed by atoms with Crippen LogP contribution in [0.25, 0.3) is 0 Å². The molecule has 2 unspecified atom stereocenters. The number of unbranched alkanes of at least 4 members (excludes halogenated alkanes) is 5. The number of aliphatic hydroxyl groups is 8. The summed E-state index contributed by atoms with van der Waals surface area (Å²) in [5.74, 6) is -9.14. The maximum atomic E-state index is 14.8.